The van der Waals surface area contributed by atoms with Crippen LogP contribution in [0.4, 0.5) is 0 Å². The molecule has 0 aliphatic carbocycles. The molecule has 0 aliphatic rings. The SMILES string of the molecule is CCCCC/C=C\C=C/CCCCCCCCCCCCC(=O)NC(CO)C(O)C(O)CCC/C=C/CCCCCCCCCCCCCCCC. The summed E-state index contributed by atoms with van der Waals surface area (Å²) < 4.78 is 0. The second kappa shape index (κ2) is 42.3. The lowest BCUT2D eigenvalue weighted by Gasteiger charge is -2.26. The van der Waals surface area contributed by atoms with Gasteiger partial charge in [-0.2, -0.15) is 0 Å². The van der Waals surface area contributed by atoms with Gasteiger partial charge in [-0.15, -0.1) is 0 Å². The highest BCUT2D eigenvalue weighted by Crippen LogP contribution is 2.15. The third kappa shape index (κ3) is 36.9. The van der Waals surface area contributed by atoms with E-state index in [0.717, 1.165) is 38.5 Å². The lowest BCUT2D eigenvalue weighted by Crippen LogP contribution is -2.50. The number of hydrogen-bond donors (Lipinski definition) is 4. The number of carbonyl (C=O) groups is 1. The van der Waals surface area contributed by atoms with Gasteiger partial charge in [-0.3, -0.25) is 4.79 Å². The van der Waals surface area contributed by atoms with E-state index in [1.165, 1.54) is 167 Å². The smallest absolute Gasteiger partial charge is 0.220 e. The Morgan fingerprint density at radius 2 is 0.827 bits per heavy atom. The van der Waals surface area contributed by atoms with Crippen molar-refractivity contribution < 1.29 is 20.1 Å². The van der Waals surface area contributed by atoms with E-state index in [9.17, 15) is 20.1 Å². The van der Waals surface area contributed by atoms with E-state index < -0.39 is 18.2 Å². The number of carbonyl (C=O) groups excluding carboxylic acids is 1. The predicted octanol–water partition coefficient (Wildman–Crippen LogP) is 13.2. The zero-order valence-electron chi connectivity index (χ0n) is 34.7. The first-order valence-corrected chi connectivity index (χ1v) is 22.8. The van der Waals surface area contributed by atoms with Crippen LogP contribution in [0.15, 0.2) is 36.5 Å². The van der Waals surface area contributed by atoms with Gasteiger partial charge in [0, 0.05) is 6.42 Å². The summed E-state index contributed by atoms with van der Waals surface area (Å²) in [5, 5.41) is 33.6. The zero-order valence-corrected chi connectivity index (χ0v) is 34.7. The molecule has 5 heteroatoms. The fraction of sp³-hybridized carbons (Fsp3) is 0.851. The lowest BCUT2D eigenvalue weighted by atomic mass is 10.0. The van der Waals surface area contributed by atoms with Gasteiger partial charge in [0.25, 0.3) is 0 Å². The van der Waals surface area contributed by atoms with Gasteiger partial charge in [0.15, 0.2) is 0 Å². The molecule has 0 saturated carbocycles. The molecule has 0 aromatic carbocycles. The van der Waals surface area contributed by atoms with Crippen molar-refractivity contribution >= 4 is 5.91 Å². The van der Waals surface area contributed by atoms with Gasteiger partial charge in [0.1, 0.15) is 6.10 Å². The van der Waals surface area contributed by atoms with Gasteiger partial charge in [-0.1, -0.05) is 198 Å². The van der Waals surface area contributed by atoms with Crippen molar-refractivity contribution in [3.05, 3.63) is 36.5 Å². The van der Waals surface area contributed by atoms with E-state index in [4.69, 9.17) is 0 Å². The van der Waals surface area contributed by atoms with Crippen LogP contribution in [0, 0.1) is 0 Å². The highest BCUT2D eigenvalue weighted by Gasteiger charge is 2.26. The molecule has 0 aromatic rings. The Labute approximate surface area is 324 Å². The Morgan fingerprint density at radius 1 is 0.481 bits per heavy atom. The summed E-state index contributed by atoms with van der Waals surface area (Å²) in [6, 6.07) is -0.827. The van der Waals surface area contributed by atoms with Crippen molar-refractivity contribution in [2.75, 3.05) is 6.61 Å². The van der Waals surface area contributed by atoms with Gasteiger partial charge in [0.2, 0.25) is 5.91 Å². The summed E-state index contributed by atoms with van der Waals surface area (Å²) in [6.07, 6.45) is 52.5. The molecule has 0 aliphatic heterocycles. The number of amides is 1. The number of nitrogens with one attached hydrogen (secondary N) is 1. The Balaban J connectivity index is 3.66. The fourth-order valence-corrected chi connectivity index (χ4v) is 6.92. The van der Waals surface area contributed by atoms with Crippen LogP contribution in [0.3, 0.4) is 0 Å². The van der Waals surface area contributed by atoms with Crippen LogP contribution in [0.25, 0.3) is 0 Å². The zero-order chi connectivity index (χ0) is 38.0. The largest absolute Gasteiger partial charge is 0.394 e. The number of rotatable bonds is 41. The van der Waals surface area contributed by atoms with Crippen LogP contribution < -0.4 is 5.32 Å². The van der Waals surface area contributed by atoms with Crippen LogP contribution >= 0.6 is 0 Å². The maximum Gasteiger partial charge on any atom is 0.220 e. The highest BCUT2D eigenvalue weighted by atomic mass is 16.3. The van der Waals surface area contributed by atoms with E-state index in [1.807, 2.05) is 0 Å². The van der Waals surface area contributed by atoms with Crippen molar-refractivity contribution in [2.45, 2.75) is 250 Å². The van der Waals surface area contributed by atoms with Crippen LogP contribution in [0.1, 0.15) is 232 Å². The van der Waals surface area contributed by atoms with E-state index >= 15 is 0 Å². The Hall–Kier alpha value is -1.43. The van der Waals surface area contributed by atoms with Crippen LogP contribution in [-0.4, -0.2) is 46.1 Å². The maximum absolute atomic E-state index is 12.4. The third-order valence-electron chi connectivity index (χ3n) is 10.5. The third-order valence-corrected chi connectivity index (χ3v) is 10.5. The van der Waals surface area contributed by atoms with Gasteiger partial charge in [-0.05, 0) is 64.2 Å². The molecule has 0 fully saturated rings. The fourth-order valence-electron chi connectivity index (χ4n) is 6.92. The number of aliphatic hydroxyl groups is 3. The minimum absolute atomic E-state index is 0.158. The highest BCUT2D eigenvalue weighted by molar-refractivity contribution is 5.76. The molecule has 52 heavy (non-hydrogen) atoms. The standard InChI is InChI=1S/C47H89NO4/c1-3-5-7-9-11-13-15-17-19-21-23-25-27-29-31-33-35-37-39-41-45(50)47(52)44(43-49)48-46(51)42-40-38-36-34-32-30-28-26-24-22-20-18-16-14-12-10-8-6-4-2/h12,14,16,18,33,35,44-45,47,49-50,52H,3-11,13,15,17,19-32,34,36-43H2,1-2H3,(H,48,51)/b14-12-,18-16-,35-33+. The average Bonchev–Trinajstić information content (AvgIpc) is 3.15. The van der Waals surface area contributed by atoms with Crippen molar-refractivity contribution in [2.24, 2.45) is 0 Å². The Morgan fingerprint density at radius 3 is 1.27 bits per heavy atom. The normalized spacial score (nSPS) is 13.9. The summed E-state index contributed by atoms with van der Waals surface area (Å²) in [5.74, 6) is -0.158. The molecule has 1 amide bonds. The molecule has 0 radical (unpaired) electrons. The first-order valence-electron chi connectivity index (χ1n) is 22.8. The maximum atomic E-state index is 12.4. The molecule has 4 N–H and O–H groups in total. The summed E-state index contributed by atoms with van der Waals surface area (Å²) in [6.45, 7) is 4.15. The summed E-state index contributed by atoms with van der Waals surface area (Å²) >= 11 is 0. The molecule has 0 saturated heterocycles. The molecule has 0 bridgehead atoms. The van der Waals surface area contributed by atoms with E-state index in [0.29, 0.717) is 12.8 Å². The average molecular weight is 732 g/mol. The first-order chi connectivity index (χ1) is 25.6. The predicted molar refractivity (Wildman–Crippen MR) is 227 cm³/mol. The second-order valence-electron chi connectivity index (χ2n) is 15.6. The monoisotopic (exact) mass is 732 g/mol. The van der Waals surface area contributed by atoms with Gasteiger partial charge in [0.05, 0.1) is 18.8 Å². The van der Waals surface area contributed by atoms with Crippen molar-refractivity contribution in [3.8, 4) is 0 Å². The quantitative estimate of drug-likeness (QED) is 0.0286. The molecule has 0 aromatic heterocycles. The number of allylic oxidation sites excluding steroid dienone is 6. The Bertz CT molecular complexity index is 809. The van der Waals surface area contributed by atoms with Crippen molar-refractivity contribution in [1.82, 2.24) is 5.32 Å². The second-order valence-corrected chi connectivity index (χ2v) is 15.6. The van der Waals surface area contributed by atoms with Crippen LogP contribution in [0.2, 0.25) is 0 Å². The first kappa shape index (κ1) is 50.6. The molecule has 3 unspecified atom stereocenters. The van der Waals surface area contributed by atoms with Gasteiger partial charge in [-0.25, -0.2) is 0 Å². The molecule has 0 spiro atoms. The van der Waals surface area contributed by atoms with Crippen molar-refractivity contribution in [3.63, 3.8) is 0 Å². The number of aliphatic hydroxyl groups excluding tert-OH is 3. The van der Waals surface area contributed by atoms with Crippen LogP contribution in [0.5, 0.6) is 0 Å². The molecular formula is C47H89NO4. The van der Waals surface area contributed by atoms with Gasteiger partial charge < -0.3 is 20.6 Å². The molecular weight excluding hydrogens is 643 g/mol. The molecule has 3 atom stereocenters. The summed E-state index contributed by atoms with van der Waals surface area (Å²) in [5.41, 5.74) is 0. The Kier molecular flexibility index (Phi) is 41.1. The topological polar surface area (TPSA) is 89.8 Å². The number of hydrogen-bond acceptors (Lipinski definition) is 4. The van der Waals surface area contributed by atoms with E-state index in [2.05, 4.69) is 55.6 Å². The summed E-state index contributed by atoms with van der Waals surface area (Å²) in [4.78, 5) is 12.4. The van der Waals surface area contributed by atoms with Gasteiger partial charge >= 0.3 is 0 Å². The number of unbranched alkanes of at least 4 members (excludes halogenated alkanes) is 28. The summed E-state index contributed by atoms with van der Waals surface area (Å²) in [7, 11) is 0. The molecule has 306 valence electrons. The molecule has 0 rings (SSSR count). The minimum atomic E-state index is -1.16. The molecule has 5 nitrogen and oxygen atoms in total. The molecule has 0 heterocycles. The van der Waals surface area contributed by atoms with E-state index in [-0.39, 0.29) is 12.5 Å². The minimum Gasteiger partial charge on any atom is -0.394 e. The van der Waals surface area contributed by atoms with Crippen molar-refractivity contribution in [1.29, 1.82) is 0 Å². The van der Waals surface area contributed by atoms with E-state index in [1.54, 1.807) is 0 Å². The van der Waals surface area contributed by atoms with Crippen LogP contribution in [-0.2, 0) is 4.79 Å². The lowest BCUT2D eigenvalue weighted by molar-refractivity contribution is -0.124.